The van der Waals surface area contributed by atoms with E-state index in [0.29, 0.717) is 11.4 Å². The van der Waals surface area contributed by atoms with Crippen molar-refractivity contribution in [2.75, 3.05) is 13.2 Å². The first-order valence-electron chi connectivity index (χ1n) is 4.58. The van der Waals surface area contributed by atoms with E-state index in [4.69, 9.17) is 5.11 Å². The van der Waals surface area contributed by atoms with Crippen LogP contribution in [0.25, 0.3) is 0 Å². The average molecular weight is 292 g/mol. The maximum absolute atomic E-state index is 11.7. The van der Waals surface area contributed by atoms with Crippen molar-refractivity contribution < 1.29 is 9.90 Å². The molecule has 0 saturated carbocycles. The standard InChI is InChI=1S/C10H14BrNO2S/c1-10(2,6-13)5-12-9(14)8-7(11)3-4-15-8/h3-4,13H,5-6H2,1-2H3,(H,12,14). The van der Waals surface area contributed by atoms with Gasteiger partial charge in [0.15, 0.2) is 0 Å². The molecule has 0 atom stereocenters. The van der Waals surface area contributed by atoms with Gasteiger partial charge in [-0.15, -0.1) is 11.3 Å². The van der Waals surface area contributed by atoms with Crippen LogP contribution in [0.1, 0.15) is 23.5 Å². The van der Waals surface area contributed by atoms with Crippen LogP contribution in [-0.2, 0) is 0 Å². The molecule has 0 aliphatic carbocycles. The molecule has 0 aliphatic rings. The zero-order valence-corrected chi connectivity index (χ0v) is 11.1. The minimum absolute atomic E-state index is 0.0545. The molecule has 84 valence electrons. The lowest BCUT2D eigenvalue weighted by Gasteiger charge is -2.21. The summed E-state index contributed by atoms with van der Waals surface area (Å²) >= 11 is 4.70. The zero-order chi connectivity index (χ0) is 11.5. The fraction of sp³-hybridized carbons (Fsp3) is 0.500. The fourth-order valence-electron chi connectivity index (χ4n) is 0.911. The number of aliphatic hydroxyl groups excluding tert-OH is 1. The van der Waals surface area contributed by atoms with Gasteiger partial charge in [0, 0.05) is 23.0 Å². The van der Waals surface area contributed by atoms with Gasteiger partial charge in [0.25, 0.3) is 5.91 Å². The lowest BCUT2D eigenvalue weighted by atomic mass is 9.95. The molecule has 0 unspecified atom stereocenters. The molecule has 0 fully saturated rings. The number of rotatable bonds is 4. The molecule has 0 radical (unpaired) electrons. The van der Waals surface area contributed by atoms with Gasteiger partial charge < -0.3 is 10.4 Å². The third-order valence-corrected chi connectivity index (χ3v) is 3.82. The number of carbonyl (C=O) groups excluding carboxylic acids is 1. The van der Waals surface area contributed by atoms with E-state index < -0.39 is 0 Å². The van der Waals surface area contributed by atoms with Crippen LogP contribution in [0.2, 0.25) is 0 Å². The van der Waals surface area contributed by atoms with Crippen LogP contribution in [0.5, 0.6) is 0 Å². The van der Waals surface area contributed by atoms with E-state index in [2.05, 4.69) is 21.2 Å². The molecule has 1 aromatic heterocycles. The van der Waals surface area contributed by atoms with Gasteiger partial charge >= 0.3 is 0 Å². The summed E-state index contributed by atoms with van der Waals surface area (Å²) in [7, 11) is 0. The molecule has 1 aromatic rings. The Kier molecular flexibility index (Phi) is 4.31. The minimum Gasteiger partial charge on any atom is -0.396 e. The third kappa shape index (κ3) is 3.59. The summed E-state index contributed by atoms with van der Waals surface area (Å²) in [6.07, 6.45) is 0. The smallest absolute Gasteiger partial charge is 0.262 e. The molecular formula is C10H14BrNO2S. The number of hydrogen-bond acceptors (Lipinski definition) is 3. The number of carbonyl (C=O) groups is 1. The Hall–Kier alpha value is -0.390. The van der Waals surface area contributed by atoms with Crippen molar-refractivity contribution in [2.24, 2.45) is 5.41 Å². The van der Waals surface area contributed by atoms with Crippen LogP contribution < -0.4 is 5.32 Å². The molecule has 0 spiro atoms. The van der Waals surface area contributed by atoms with E-state index in [1.54, 1.807) is 0 Å². The average Bonchev–Trinajstić information content (AvgIpc) is 2.61. The Morgan fingerprint density at radius 3 is 2.80 bits per heavy atom. The Bertz CT molecular complexity index is 349. The molecule has 3 nitrogen and oxygen atoms in total. The van der Waals surface area contributed by atoms with Crippen molar-refractivity contribution in [1.29, 1.82) is 0 Å². The third-order valence-electron chi connectivity index (χ3n) is 1.98. The molecule has 5 heteroatoms. The Labute approximate surface area is 102 Å². The molecule has 1 heterocycles. The van der Waals surface area contributed by atoms with E-state index in [9.17, 15) is 4.79 Å². The molecule has 1 amide bonds. The highest BCUT2D eigenvalue weighted by Gasteiger charge is 2.19. The van der Waals surface area contributed by atoms with Gasteiger partial charge in [-0.1, -0.05) is 13.8 Å². The van der Waals surface area contributed by atoms with E-state index >= 15 is 0 Å². The van der Waals surface area contributed by atoms with E-state index in [1.165, 1.54) is 11.3 Å². The van der Waals surface area contributed by atoms with Crippen molar-refractivity contribution in [3.8, 4) is 0 Å². The number of nitrogens with one attached hydrogen (secondary N) is 1. The number of halogens is 1. The first-order chi connectivity index (χ1) is 6.96. The zero-order valence-electron chi connectivity index (χ0n) is 8.71. The van der Waals surface area contributed by atoms with Crippen LogP contribution >= 0.6 is 27.3 Å². The predicted octanol–water partition coefficient (Wildman–Crippen LogP) is 2.26. The highest BCUT2D eigenvalue weighted by molar-refractivity contribution is 9.10. The number of hydrogen-bond donors (Lipinski definition) is 2. The highest BCUT2D eigenvalue weighted by Crippen LogP contribution is 2.22. The van der Waals surface area contributed by atoms with Crippen molar-refractivity contribution in [3.63, 3.8) is 0 Å². The van der Waals surface area contributed by atoms with Gasteiger partial charge in [-0.25, -0.2) is 0 Å². The largest absolute Gasteiger partial charge is 0.396 e. The molecule has 0 saturated heterocycles. The van der Waals surface area contributed by atoms with Crippen molar-refractivity contribution >= 4 is 33.2 Å². The highest BCUT2D eigenvalue weighted by atomic mass is 79.9. The second kappa shape index (κ2) is 5.09. The second-order valence-electron chi connectivity index (χ2n) is 4.10. The summed E-state index contributed by atoms with van der Waals surface area (Å²) in [6, 6.07) is 1.84. The van der Waals surface area contributed by atoms with Crippen LogP contribution in [0.3, 0.4) is 0 Å². The van der Waals surface area contributed by atoms with Gasteiger partial charge in [-0.2, -0.15) is 0 Å². The normalized spacial score (nSPS) is 11.5. The lowest BCUT2D eigenvalue weighted by molar-refractivity contribution is 0.0914. The summed E-state index contributed by atoms with van der Waals surface area (Å²) in [5, 5.41) is 13.7. The minimum atomic E-state index is -0.278. The molecule has 0 aliphatic heterocycles. The predicted molar refractivity (Wildman–Crippen MR) is 65.2 cm³/mol. The summed E-state index contributed by atoms with van der Waals surface area (Å²) in [4.78, 5) is 12.3. The van der Waals surface area contributed by atoms with Gasteiger partial charge in [-0.3, -0.25) is 4.79 Å². The van der Waals surface area contributed by atoms with Gasteiger partial charge in [0.05, 0.1) is 0 Å². The summed E-state index contributed by atoms with van der Waals surface area (Å²) in [5.41, 5.74) is -0.278. The lowest BCUT2D eigenvalue weighted by Crippen LogP contribution is -2.35. The number of amides is 1. The first-order valence-corrected chi connectivity index (χ1v) is 6.25. The van der Waals surface area contributed by atoms with Gasteiger partial charge in [0.1, 0.15) is 4.88 Å². The Morgan fingerprint density at radius 1 is 1.67 bits per heavy atom. The maximum Gasteiger partial charge on any atom is 0.262 e. The number of aliphatic hydroxyl groups is 1. The molecule has 15 heavy (non-hydrogen) atoms. The summed E-state index contributed by atoms with van der Waals surface area (Å²) in [5.74, 6) is -0.0987. The molecule has 0 bridgehead atoms. The van der Waals surface area contributed by atoms with Crippen molar-refractivity contribution in [1.82, 2.24) is 5.32 Å². The number of thiophene rings is 1. The SMILES string of the molecule is CC(C)(CO)CNC(=O)c1sccc1Br. The molecular weight excluding hydrogens is 278 g/mol. The Balaban J connectivity index is 2.55. The van der Waals surface area contributed by atoms with E-state index in [-0.39, 0.29) is 17.9 Å². The summed E-state index contributed by atoms with van der Waals surface area (Å²) in [6.45, 7) is 4.32. The van der Waals surface area contributed by atoms with Crippen molar-refractivity contribution in [3.05, 3.63) is 20.8 Å². The summed E-state index contributed by atoms with van der Waals surface area (Å²) < 4.78 is 0.812. The Morgan fingerprint density at radius 2 is 2.33 bits per heavy atom. The van der Waals surface area contributed by atoms with Crippen molar-refractivity contribution in [2.45, 2.75) is 13.8 Å². The first kappa shape index (κ1) is 12.7. The molecule has 0 aromatic carbocycles. The van der Waals surface area contributed by atoms with Gasteiger partial charge in [0.2, 0.25) is 0 Å². The van der Waals surface area contributed by atoms with E-state index in [1.807, 2.05) is 25.3 Å². The fourth-order valence-corrected chi connectivity index (χ4v) is 2.38. The molecule has 2 N–H and O–H groups in total. The quantitative estimate of drug-likeness (QED) is 0.894. The van der Waals surface area contributed by atoms with Gasteiger partial charge in [-0.05, 0) is 27.4 Å². The second-order valence-corrected chi connectivity index (χ2v) is 5.87. The molecule has 1 rings (SSSR count). The van der Waals surface area contributed by atoms with E-state index in [0.717, 1.165) is 4.47 Å². The topological polar surface area (TPSA) is 49.3 Å². The monoisotopic (exact) mass is 291 g/mol. The maximum atomic E-state index is 11.7. The van der Waals surface area contributed by atoms with Crippen LogP contribution in [-0.4, -0.2) is 24.2 Å². The van der Waals surface area contributed by atoms with Crippen LogP contribution in [0, 0.1) is 5.41 Å². The van der Waals surface area contributed by atoms with Crippen LogP contribution in [0.15, 0.2) is 15.9 Å². The van der Waals surface area contributed by atoms with Crippen LogP contribution in [0.4, 0.5) is 0 Å².